The SMILES string of the molecule is CC(=O)NN(C(=O)c1cccc(C)c1C)c1ccc(C(=O)N2CCCCc3ccccc32)cc1. The summed E-state index contributed by atoms with van der Waals surface area (Å²) in [5.74, 6) is -0.773. The van der Waals surface area contributed by atoms with Crippen LogP contribution in [0.3, 0.4) is 0 Å². The Bertz CT molecular complexity index is 1230. The first-order valence-corrected chi connectivity index (χ1v) is 11.5. The minimum absolute atomic E-state index is 0.0761. The normalized spacial score (nSPS) is 13.0. The number of fused-ring (bicyclic) bond motifs is 1. The quantitative estimate of drug-likeness (QED) is 0.566. The monoisotopic (exact) mass is 455 g/mol. The molecule has 3 aromatic carbocycles. The molecule has 0 aromatic heterocycles. The number of aryl methyl sites for hydroxylation is 2. The van der Waals surface area contributed by atoms with E-state index in [-0.39, 0.29) is 17.7 Å². The van der Waals surface area contributed by atoms with Gasteiger partial charge in [-0.2, -0.15) is 0 Å². The lowest BCUT2D eigenvalue weighted by Gasteiger charge is -2.25. The molecule has 1 N–H and O–H groups in total. The fourth-order valence-electron chi connectivity index (χ4n) is 4.30. The number of nitrogens with zero attached hydrogens (tertiary/aromatic N) is 2. The number of para-hydroxylation sites is 1. The molecule has 1 heterocycles. The minimum atomic E-state index is -0.361. The number of rotatable bonds is 3. The van der Waals surface area contributed by atoms with E-state index in [0.717, 1.165) is 36.1 Å². The molecular formula is C28H29N3O3. The maximum absolute atomic E-state index is 13.4. The fraction of sp³-hybridized carbons (Fsp3) is 0.250. The summed E-state index contributed by atoms with van der Waals surface area (Å²) in [5.41, 5.74) is 8.13. The Hall–Kier alpha value is -3.93. The fourth-order valence-corrected chi connectivity index (χ4v) is 4.30. The van der Waals surface area contributed by atoms with Crippen molar-refractivity contribution in [3.63, 3.8) is 0 Å². The zero-order valence-corrected chi connectivity index (χ0v) is 19.8. The van der Waals surface area contributed by atoms with Crippen molar-refractivity contribution in [1.82, 2.24) is 5.43 Å². The van der Waals surface area contributed by atoms with Gasteiger partial charge in [-0.05, 0) is 86.2 Å². The van der Waals surface area contributed by atoms with E-state index in [9.17, 15) is 14.4 Å². The number of hydrogen-bond donors (Lipinski definition) is 1. The predicted molar refractivity (Wildman–Crippen MR) is 134 cm³/mol. The third kappa shape index (κ3) is 4.71. The summed E-state index contributed by atoms with van der Waals surface area (Å²) in [4.78, 5) is 40.4. The van der Waals surface area contributed by atoms with Crippen LogP contribution in [0.1, 0.15) is 57.2 Å². The zero-order chi connectivity index (χ0) is 24.2. The van der Waals surface area contributed by atoms with Gasteiger partial charge in [-0.3, -0.25) is 19.8 Å². The summed E-state index contributed by atoms with van der Waals surface area (Å²) < 4.78 is 0. The van der Waals surface area contributed by atoms with E-state index in [2.05, 4.69) is 11.5 Å². The van der Waals surface area contributed by atoms with Gasteiger partial charge in [0.15, 0.2) is 0 Å². The van der Waals surface area contributed by atoms with Crippen molar-refractivity contribution in [3.8, 4) is 0 Å². The van der Waals surface area contributed by atoms with Crippen molar-refractivity contribution < 1.29 is 14.4 Å². The molecule has 1 aliphatic heterocycles. The molecule has 0 spiro atoms. The molecule has 174 valence electrons. The van der Waals surface area contributed by atoms with Gasteiger partial charge < -0.3 is 4.90 Å². The van der Waals surface area contributed by atoms with Crippen molar-refractivity contribution >= 4 is 29.1 Å². The topological polar surface area (TPSA) is 69.7 Å². The van der Waals surface area contributed by atoms with Gasteiger partial charge >= 0.3 is 0 Å². The standard InChI is InChI=1S/C28H29N3O3/c1-19-9-8-12-25(20(19)2)28(34)31(29-21(3)32)24-16-14-23(15-17-24)27(33)30-18-7-6-11-22-10-4-5-13-26(22)30/h4-5,8-10,12-17H,6-7,11,18H2,1-3H3,(H,29,32). The summed E-state index contributed by atoms with van der Waals surface area (Å²) in [6.07, 6.45) is 2.95. The first kappa shape index (κ1) is 23.2. The largest absolute Gasteiger partial charge is 0.308 e. The van der Waals surface area contributed by atoms with Gasteiger partial charge in [0.1, 0.15) is 0 Å². The lowest BCUT2D eigenvalue weighted by Crippen LogP contribution is -2.46. The molecule has 3 aromatic rings. The second-order valence-corrected chi connectivity index (χ2v) is 8.65. The van der Waals surface area contributed by atoms with Gasteiger partial charge in [-0.1, -0.05) is 30.3 Å². The molecule has 6 heteroatoms. The molecule has 0 saturated carbocycles. The Morgan fingerprint density at radius 3 is 2.35 bits per heavy atom. The van der Waals surface area contributed by atoms with E-state index >= 15 is 0 Å². The van der Waals surface area contributed by atoms with E-state index in [4.69, 9.17) is 0 Å². The van der Waals surface area contributed by atoms with Crippen molar-refractivity contribution in [1.29, 1.82) is 0 Å². The minimum Gasteiger partial charge on any atom is -0.308 e. The lowest BCUT2D eigenvalue weighted by atomic mass is 10.0. The van der Waals surface area contributed by atoms with Crippen LogP contribution in [-0.4, -0.2) is 24.3 Å². The van der Waals surface area contributed by atoms with Crippen LogP contribution < -0.4 is 15.3 Å². The molecule has 0 saturated heterocycles. The molecular weight excluding hydrogens is 426 g/mol. The Morgan fingerprint density at radius 1 is 0.882 bits per heavy atom. The number of hydrazine groups is 1. The summed E-state index contributed by atoms with van der Waals surface area (Å²) >= 11 is 0. The van der Waals surface area contributed by atoms with Crippen LogP contribution in [0.25, 0.3) is 0 Å². The van der Waals surface area contributed by atoms with Gasteiger partial charge in [0.05, 0.1) is 5.69 Å². The molecule has 0 bridgehead atoms. The number of benzene rings is 3. The number of amides is 3. The number of carbonyl (C=O) groups is 3. The van der Waals surface area contributed by atoms with E-state index < -0.39 is 0 Å². The van der Waals surface area contributed by atoms with Crippen LogP contribution in [0, 0.1) is 13.8 Å². The van der Waals surface area contributed by atoms with Crippen LogP contribution in [0.4, 0.5) is 11.4 Å². The van der Waals surface area contributed by atoms with Crippen LogP contribution >= 0.6 is 0 Å². The summed E-state index contributed by atoms with van der Waals surface area (Å²) in [6.45, 7) is 5.85. The second-order valence-electron chi connectivity index (χ2n) is 8.65. The average molecular weight is 456 g/mol. The van der Waals surface area contributed by atoms with Crippen molar-refractivity contribution in [3.05, 3.63) is 94.5 Å². The molecule has 0 fully saturated rings. The van der Waals surface area contributed by atoms with Crippen LogP contribution in [0.2, 0.25) is 0 Å². The maximum Gasteiger partial charge on any atom is 0.277 e. The highest BCUT2D eigenvalue weighted by Gasteiger charge is 2.24. The van der Waals surface area contributed by atoms with E-state index in [0.29, 0.717) is 23.4 Å². The maximum atomic E-state index is 13.4. The highest BCUT2D eigenvalue weighted by atomic mass is 16.2. The average Bonchev–Trinajstić information content (AvgIpc) is 3.06. The van der Waals surface area contributed by atoms with Gasteiger partial charge in [-0.25, -0.2) is 5.01 Å². The third-order valence-electron chi connectivity index (χ3n) is 6.29. The number of nitrogens with one attached hydrogen (secondary N) is 1. The summed E-state index contributed by atoms with van der Waals surface area (Å²) in [7, 11) is 0. The number of hydrogen-bond acceptors (Lipinski definition) is 3. The van der Waals surface area contributed by atoms with Crippen LogP contribution in [-0.2, 0) is 11.2 Å². The first-order chi connectivity index (χ1) is 16.4. The van der Waals surface area contributed by atoms with E-state index in [1.54, 1.807) is 30.3 Å². The summed E-state index contributed by atoms with van der Waals surface area (Å²) in [6, 6.07) is 20.3. The Labute approximate surface area is 200 Å². The van der Waals surface area contributed by atoms with Crippen molar-refractivity contribution in [2.24, 2.45) is 0 Å². The van der Waals surface area contributed by atoms with Gasteiger partial charge in [-0.15, -0.1) is 0 Å². The van der Waals surface area contributed by atoms with E-state index in [1.165, 1.54) is 17.5 Å². The van der Waals surface area contributed by atoms with Gasteiger partial charge in [0, 0.05) is 30.3 Å². The summed E-state index contributed by atoms with van der Waals surface area (Å²) in [5, 5.41) is 1.24. The molecule has 4 rings (SSSR count). The van der Waals surface area contributed by atoms with Gasteiger partial charge in [0.2, 0.25) is 5.91 Å². The zero-order valence-electron chi connectivity index (χ0n) is 19.8. The molecule has 1 aliphatic rings. The van der Waals surface area contributed by atoms with Crippen molar-refractivity contribution in [2.45, 2.75) is 40.0 Å². The highest BCUT2D eigenvalue weighted by molar-refractivity contribution is 6.09. The molecule has 34 heavy (non-hydrogen) atoms. The smallest absolute Gasteiger partial charge is 0.277 e. The van der Waals surface area contributed by atoms with Crippen LogP contribution in [0.15, 0.2) is 66.7 Å². The second kappa shape index (κ2) is 9.91. The molecule has 0 unspecified atom stereocenters. The molecule has 0 radical (unpaired) electrons. The lowest BCUT2D eigenvalue weighted by molar-refractivity contribution is -0.119. The number of anilines is 2. The predicted octanol–water partition coefficient (Wildman–Crippen LogP) is 4.98. The van der Waals surface area contributed by atoms with Gasteiger partial charge in [0.25, 0.3) is 11.8 Å². The van der Waals surface area contributed by atoms with Crippen molar-refractivity contribution in [2.75, 3.05) is 16.5 Å². The Balaban J connectivity index is 1.63. The molecule has 6 nitrogen and oxygen atoms in total. The molecule has 0 atom stereocenters. The first-order valence-electron chi connectivity index (χ1n) is 11.5. The Kier molecular flexibility index (Phi) is 6.77. The Morgan fingerprint density at radius 2 is 1.62 bits per heavy atom. The molecule has 3 amide bonds. The molecule has 0 aliphatic carbocycles. The highest BCUT2D eigenvalue weighted by Crippen LogP contribution is 2.28. The van der Waals surface area contributed by atoms with E-state index in [1.807, 2.05) is 49.1 Å². The van der Waals surface area contributed by atoms with Crippen LogP contribution in [0.5, 0.6) is 0 Å². The number of carbonyl (C=O) groups excluding carboxylic acids is 3. The third-order valence-corrected chi connectivity index (χ3v) is 6.29.